The first-order chi connectivity index (χ1) is 11.6. The van der Waals surface area contributed by atoms with Gasteiger partial charge in [-0.1, -0.05) is 6.07 Å². The standard InChI is InChI=1S/C18H15BrN2O3/c1-23-15-9-11(10-16(24-2)17(15)19)18(22)21-14-7-3-6-13-12(14)5-4-8-20-13/h3-10H,1-2H3,(H,21,22). The van der Waals surface area contributed by atoms with Gasteiger partial charge in [0.05, 0.1) is 25.4 Å². The van der Waals surface area contributed by atoms with Crippen molar-refractivity contribution in [1.82, 2.24) is 4.98 Å². The quantitative estimate of drug-likeness (QED) is 0.727. The number of hydrogen-bond donors (Lipinski definition) is 1. The molecule has 3 rings (SSSR count). The van der Waals surface area contributed by atoms with E-state index in [1.165, 1.54) is 14.2 Å². The van der Waals surface area contributed by atoms with Crippen LogP contribution in [0, 0.1) is 0 Å². The molecule has 0 unspecified atom stereocenters. The molecule has 0 spiro atoms. The van der Waals surface area contributed by atoms with Crippen LogP contribution in [0.25, 0.3) is 10.9 Å². The van der Waals surface area contributed by atoms with Crippen LogP contribution in [0.3, 0.4) is 0 Å². The molecule has 5 nitrogen and oxygen atoms in total. The molecule has 1 amide bonds. The van der Waals surface area contributed by atoms with Crippen molar-refractivity contribution in [3.05, 3.63) is 58.7 Å². The van der Waals surface area contributed by atoms with E-state index < -0.39 is 0 Å². The Bertz CT molecular complexity index is 881. The van der Waals surface area contributed by atoms with E-state index in [1.807, 2.05) is 30.3 Å². The van der Waals surface area contributed by atoms with Crippen LogP contribution in [0.5, 0.6) is 11.5 Å². The van der Waals surface area contributed by atoms with Gasteiger partial charge in [0, 0.05) is 17.1 Å². The minimum atomic E-state index is -0.254. The number of rotatable bonds is 4. The second kappa shape index (κ2) is 6.88. The maximum Gasteiger partial charge on any atom is 0.255 e. The summed E-state index contributed by atoms with van der Waals surface area (Å²) in [5, 5.41) is 3.80. The average Bonchev–Trinajstić information content (AvgIpc) is 2.62. The molecule has 0 aliphatic carbocycles. The highest BCUT2D eigenvalue weighted by atomic mass is 79.9. The Kier molecular flexibility index (Phi) is 4.66. The Hall–Kier alpha value is -2.60. The van der Waals surface area contributed by atoms with Crippen LogP contribution in [0.15, 0.2) is 53.1 Å². The zero-order chi connectivity index (χ0) is 17.1. The Morgan fingerprint density at radius 1 is 1.08 bits per heavy atom. The van der Waals surface area contributed by atoms with Crippen molar-refractivity contribution in [3.8, 4) is 11.5 Å². The third-order valence-electron chi connectivity index (χ3n) is 3.60. The zero-order valence-corrected chi connectivity index (χ0v) is 14.8. The molecule has 0 fully saturated rings. The van der Waals surface area contributed by atoms with Crippen molar-refractivity contribution < 1.29 is 14.3 Å². The van der Waals surface area contributed by atoms with Crippen LogP contribution in [0.2, 0.25) is 0 Å². The summed E-state index contributed by atoms with van der Waals surface area (Å²) in [6.07, 6.45) is 1.72. The lowest BCUT2D eigenvalue weighted by Crippen LogP contribution is -2.12. The van der Waals surface area contributed by atoms with Gasteiger partial charge in [-0.05, 0) is 52.3 Å². The van der Waals surface area contributed by atoms with Crippen LogP contribution in [0.1, 0.15) is 10.4 Å². The van der Waals surface area contributed by atoms with Gasteiger partial charge in [-0.3, -0.25) is 9.78 Å². The van der Waals surface area contributed by atoms with E-state index in [0.717, 1.165) is 10.9 Å². The third-order valence-corrected chi connectivity index (χ3v) is 4.38. The number of anilines is 1. The van der Waals surface area contributed by atoms with Gasteiger partial charge in [-0.25, -0.2) is 0 Å². The number of methoxy groups -OCH3 is 2. The SMILES string of the molecule is COc1cc(C(=O)Nc2cccc3ncccc23)cc(OC)c1Br. The zero-order valence-electron chi connectivity index (χ0n) is 13.2. The Labute approximate surface area is 147 Å². The molecule has 0 atom stereocenters. The molecule has 1 aromatic heterocycles. The molecule has 0 aliphatic rings. The first-order valence-corrected chi connectivity index (χ1v) is 8.00. The molecule has 0 saturated heterocycles. The van der Waals surface area contributed by atoms with Crippen molar-refractivity contribution in [2.24, 2.45) is 0 Å². The maximum atomic E-state index is 12.6. The minimum Gasteiger partial charge on any atom is -0.495 e. The summed E-state index contributed by atoms with van der Waals surface area (Å²) < 4.78 is 11.2. The van der Waals surface area contributed by atoms with Gasteiger partial charge < -0.3 is 14.8 Å². The van der Waals surface area contributed by atoms with Gasteiger partial charge in [0.15, 0.2) is 0 Å². The molecule has 0 radical (unpaired) electrons. The van der Waals surface area contributed by atoms with E-state index in [2.05, 4.69) is 26.2 Å². The third kappa shape index (κ3) is 3.05. The number of nitrogens with zero attached hydrogens (tertiary/aromatic N) is 1. The fourth-order valence-corrected chi connectivity index (χ4v) is 2.96. The minimum absolute atomic E-state index is 0.254. The summed E-state index contributed by atoms with van der Waals surface area (Å²) >= 11 is 3.39. The largest absolute Gasteiger partial charge is 0.495 e. The van der Waals surface area contributed by atoms with Crippen molar-refractivity contribution in [2.75, 3.05) is 19.5 Å². The summed E-state index contributed by atoms with van der Waals surface area (Å²) in [6, 6.07) is 12.7. The summed E-state index contributed by atoms with van der Waals surface area (Å²) in [4.78, 5) is 16.9. The highest BCUT2D eigenvalue weighted by Crippen LogP contribution is 2.36. The second-order valence-electron chi connectivity index (χ2n) is 5.02. The van der Waals surface area contributed by atoms with E-state index in [9.17, 15) is 4.79 Å². The number of pyridine rings is 1. The van der Waals surface area contributed by atoms with Gasteiger partial charge in [-0.15, -0.1) is 0 Å². The van der Waals surface area contributed by atoms with Crippen LogP contribution in [0.4, 0.5) is 5.69 Å². The Balaban J connectivity index is 1.98. The van der Waals surface area contributed by atoms with Crippen LogP contribution in [-0.4, -0.2) is 25.1 Å². The summed E-state index contributed by atoms with van der Waals surface area (Å²) in [5.74, 6) is 0.800. The monoisotopic (exact) mass is 386 g/mol. The van der Waals surface area contributed by atoms with Gasteiger partial charge in [-0.2, -0.15) is 0 Å². The molecule has 0 aliphatic heterocycles. The number of nitrogens with one attached hydrogen (secondary N) is 1. The smallest absolute Gasteiger partial charge is 0.255 e. The molecule has 1 N–H and O–H groups in total. The predicted octanol–water partition coefficient (Wildman–Crippen LogP) is 4.27. The molecule has 122 valence electrons. The molecule has 2 aromatic carbocycles. The topological polar surface area (TPSA) is 60.5 Å². The lowest BCUT2D eigenvalue weighted by Gasteiger charge is -2.12. The van der Waals surface area contributed by atoms with E-state index in [4.69, 9.17) is 9.47 Å². The molecular weight excluding hydrogens is 372 g/mol. The Morgan fingerprint density at radius 2 is 1.79 bits per heavy atom. The molecular formula is C18H15BrN2O3. The lowest BCUT2D eigenvalue weighted by molar-refractivity contribution is 0.102. The van der Waals surface area contributed by atoms with E-state index >= 15 is 0 Å². The number of hydrogen-bond acceptors (Lipinski definition) is 4. The number of carbonyl (C=O) groups is 1. The fourth-order valence-electron chi connectivity index (χ4n) is 2.41. The summed E-state index contributed by atoms with van der Waals surface area (Å²) in [7, 11) is 3.08. The number of ether oxygens (including phenoxy) is 2. The summed E-state index contributed by atoms with van der Waals surface area (Å²) in [6.45, 7) is 0. The molecule has 1 heterocycles. The van der Waals surface area contributed by atoms with Crippen LogP contribution in [-0.2, 0) is 0 Å². The first kappa shape index (κ1) is 16.3. The lowest BCUT2D eigenvalue weighted by atomic mass is 10.1. The van der Waals surface area contributed by atoms with Crippen LogP contribution < -0.4 is 14.8 Å². The van der Waals surface area contributed by atoms with E-state index in [1.54, 1.807) is 18.3 Å². The second-order valence-corrected chi connectivity index (χ2v) is 5.82. The number of halogens is 1. The predicted molar refractivity (Wildman–Crippen MR) is 96.9 cm³/mol. The summed E-state index contributed by atoms with van der Waals surface area (Å²) in [5.41, 5.74) is 1.96. The van der Waals surface area contributed by atoms with Gasteiger partial charge >= 0.3 is 0 Å². The number of fused-ring (bicyclic) bond motifs is 1. The van der Waals surface area contributed by atoms with Crippen LogP contribution >= 0.6 is 15.9 Å². The number of amides is 1. The first-order valence-electron chi connectivity index (χ1n) is 7.20. The van der Waals surface area contributed by atoms with Gasteiger partial charge in [0.1, 0.15) is 16.0 Å². The molecule has 6 heteroatoms. The van der Waals surface area contributed by atoms with Gasteiger partial charge in [0.2, 0.25) is 0 Å². The Morgan fingerprint density at radius 3 is 2.46 bits per heavy atom. The van der Waals surface area contributed by atoms with E-state index in [-0.39, 0.29) is 5.91 Å². The number of benzene rings is 2. The highest BCUT2D eigenvalue weighted by molar-refractivity contribution is 9.10. The van der Waals surface area contributed by atoms with Crippen molar-refractivity contribution in [2.45, 2.75) is 0 Å². The number of carbonyl (C=O) groups excluding carboxylic acids is 1. The van der Waals surface area contributed by atoms with E-state index in [0.29, 0.717) is 27.2 Å². The highest BCUT2D eigenvalue weighted by Gasteiger charge is 2.15. The molecule has 0 saturated carbocycles. The molecule has 3 aromatic rings. The molecule has 0 bridgehead atoms. The fraction of sp³-hybridized carbons (Fsp3) is 0.111. The normalized spacial score (nSPS) is 10.5. The molecule has 24 heavy (non-hydrogen) atoms. The average molecular weight is 387 g/mol. The van der Waals surface area contributed by atoms with Crippen molar-refractivity contribution in [1.29, 1.82) is 0 Å². The maximum absolute atomic E-state index is 12.6. The van der Waals surface area contributed by atoms with Crippen molar-refractivity contribution in [3.63, 3.8) is 0 Å². The number of aromatic nitrogens is 1. The van der Waals surface area contributed by atoms with Gasteiger partial charge in [0.25, 0.3) is 5.91 Å². The van der Waals surface area contributed by atoms with Crippen molar-refractivity contribution >= 4 is 38.4 Å².